The van der Waals surface area contributed by atoms with Crippen LogP contribution in [-0.4, -0.2) is 29.8 Å². The van der Waals surface area contributed by atoms with Crippen LogP contribution >= 0.6 is 0 Å². The van der Waals surface area contributed by atoms with Crippen LogP contribution in [0.5, 0.6) is 0 Å². The number of hydrogen-bond acceptors (Lipinski definition) is 3. The van der Waals surface area contributed by atoms with E-state index in [0.717, 1.165) is 12.8 Å². The van der Waals surface area contributed by atoms with E-state index in [-0.39, 0.29) is 12.0 Å². The Morgan fingerprint density at radius 3 is 2.92 bits per heavy atom. The first kappa shape index (κ1) is 7.75. The van der Waals surface area contributed by atoms with Gasteiger partial charge in [0.1, 0.15) is 0 Å². The van der Waals surface area contributed by atoms with Crippen molar-refractivity contribution in [2.24, 2.45) is 5.92 Å². The number of nitrogens with zero attached hydrogens (tertiary/aromatic N) is 2. The monoisotopic (exact) mass is 164 g/mol. The normalized spacial score (nSPS) is 41.3. The van der Waals surface area contributed by atoms with E-state index in [0.29, 0.717) is 18.2 Å². The molecule has 0 N–H and O–H groups in total. The Bertz CT molecular complexity index is 256. The molecule has 2 heterocycles. The van der Waals surface area contributed by atoms with E-state index in [1.54, 1.807) is 0 Å². The molecule has 3 heteroatoms. The number of nitriles is 1. The Morgan fingerprint density at radius 1 is 1.58 bits per heavy atom. The molecule has 12 heavy (non-hydrogen) atoms. The molecule has 2 aliphatic heterocycles. The van der Waals surface area contributed by atoms with Crippen LogP contribution in [0.3, 0.4) is 0 Å². The number of rotatable bonds is 0. The van der Waals surface area contributed by atoms with Crippen molar-refractivity contribution in [3.63, 3.8) is 0 Å². The van der Waals surface area contributed by atoms with Gasteiger partial charge in [0.15, 0.2) is 5.78 Å². The zero-order valence-corrected chi connectivity index (χ0v) is 7.16. The number of likely N-dealkylation sites (N-methyl/N-ethyl adjacent to an activating group) is 1. The lowest BCUT2D eigenvalue weighted by Crippen LogP contribution is -2.41. The third kappa shape index (κ3) is 0.953. The Labute approximate surface area is 72.0 Å². The van der Waals surface area contributed by atoms with Gasteiger partial charge in [-0.2, -0.15) is 5.26 Å². The molecule has 0 aromatic carbocycles. The molecule has 2 bridgehead atoms. The molecule has 64 valence electrons. The highest BCUT2D eigenvalue weighted by atomic mass is 16.1. The first-order valence-corrected chi connectivity index (χ1v) is 4.36. The summed E-state index contributed by atoms with van der Waals surface area (Å²) in [5.41, 5.74) is 0. The van der Waals surface area contributed by atoms with E-state index in [1.165, 1.54) is 0 Å². The van der Waals surface area contributed by atoms with Crippen molar-refractivity contribution < 1.29 is 4.79 Å². The number of hydrogen-bond donors (Lipinski definition) is 0. The molecule has 2 saturated heterocycles. The third-order valence-electron chi connectivity index (χ3n) is 3.12. The van der Waals surface area contributed by atoms with Gasteiger partial charge in [0.2, 0.25) is 0 Å². The van der Waals surface area contributed by atoms with Gasteiger partial charge in [0.25, 0.3) is 0 Å². The molecular formula is C9H12N2O. The summed E-state index contributed by atoms with van der Waals surface area (Å²) in [6.07, 6.45) is 2.30. The maximum absolute atomic E-state index is 11.4. The number of carbonyl (C=O) groups is 1. The first-order valence-electron chi connectivity index (χ1n) is 4.36. The Hall–Kier alpha value is -0.880. The van der Waals surface area contributed by atoms with E-state index in [4.69, 9.17) is 5.26 Å². The number of Topliss-reactive ketones (excluding diaryl/α,β-unsaturated/α-hetero) is 1. The van der Waals surface area contributed by atoms with Crippen molar-refractivity contribution in [2.45, 2.75) is 31.3 Å². The summed E-state index contributed by atoms with van der Waals surface area (Å²) in [5, 5.41) is 8.75. The number of carbonyl (C=O) groups excluding carboxylic acids is 1. The fraction of sp³-hybridized carbons (Fsp3) is 0.778. The van der Waals surface area contributed by atoms with Crippen LogP contribution in [0.4, 0.5) is 0 Å². The average Bonchev–Trinajstić information content (AvgIpc) is 2.24. The summed E-state index contributed by atoms with van der Waals surface area (Å²) >= 11 is 0. The lowest BCUT2D eigenvalue weighted by Gasteiger charge is -2.32. The van der Waals surface area contributed by atoms with Gasteiger partial charge in [-0.15, -0.1) is 0 Å². The molecule has 2 fully saturated rings. The molecule has 0 aromatic rings. The molecule has 2 rings (SSSR count). The molecule has 0 saturated carbocycles. The van der Waals surface area contributed by atoms with Crippen molar-refractivity contribution in [3.05, 3.63) is 0 Å². The van der Waals surface area contributed by atoms with Crippen molar-refractivity contribution >= 4 is 5.78 Å². The number of fused-ring (bicyclic) bond motifs is 2. The minimum atomic E-state index is 0.0494. The standard InChI is InChI=1S/C9H12N2O/c1-11-7-2-6(5-10)3-8(11)9(12)4-7/h6-8H,2-4H2,1H3. The van der Waals surface area contributed by atoms with Crippen LogP contribution in [0, 0.1) is 17.2 Å². The molecule has 0 spiro atoms. The molecule has 3 atom stereocenters. The van der Waals surface area contributed by atoms with Crippen LogP contribution in [0.1, 0.15) is 19.3 Å². The Kier molecular flexibility index (Phi) is 1.66. The fourth-order valence-corrected chi connectivity index (χ4v) is 2.34. The second kappa shape index (κ2) is 2.56. The van der Waals surface area contributed by atoms with Gasteiger partial charge in [-0.25, -0.2) is 0 Å². The topological polar surface area (TPSA) is 44.1 Å². The largest absolute Gasteiger partial charge is 0.298 e. The van der Waals surface area contributed by atoms with Gasteiger partial charge in [-0.1, -0.05) is 0 Å². The summed E-state index contributed by atoms with van der Waals surface area (Å²) in [5.74, 6) is 0.447. The van der Waals surface area contributed by atoms with Crippen LogP contribution in [0.25, 0.3) is 0 Å². The van der Waals surface area contributed by atoms with Gasteiger partial charge < -0.3 is 0 Å². The van der Waals surface area contributed by atoms with Crippen LogP contribution in [0.2, 0.25) is 0 Å². The van der Waals surface area contributed by atoms with Gasteiger partial charge in [0.05, 0.1) is 12.1 Å². The minimum absolute atomic E-state index is 0.0494. The molecule has 0 aromatic heterocycles. The van der Waals surface area contributed by atoms with E-state index in [1.807, 2.05) is 7.05 Å². The number of ketones is 1. The average molecular weight is 164 g/mol. The first-order chi connectivity index (χ1) is 5.72. The van der Waals surface area contributed by atoms with Gasteiger partial charge in [-0.3, -0.25) is 9.69 Å². The second-order valence-corrected chi connectivity index (χ2v) is 3.80. The van der Waals surface area contributed by atoms with Crippen LogP contribution in [0.15, 0.2) is 0 Å². The molecule has 0 aliphatic carbocycles. The van der Waals surface area contributed by atoms with Gasteiger partial charge >= 0.3 is 0 Å². The van der Waals surface area contributed by atoms with E-state index in [2.05, 4.69) is 11.0 Å². The molecule has 3 unspecified atom stereocenters. The third-order valence-corrected chi connectivity index (χ3v) is 3.12. The van der Waals surface area contributed by atoms with Crippen LogP contribution < -0.4 is 0 Å². The highest BCUT2D eigenvalue weighted by Gasteiger charge is 2.43. The quantitative estimate of drug-likeness (QED) is 0.525. The zero-order chi connectivity index (χ0) is 8.72. The summed E-state index contributed by atoms with van der Waals surface area (Å²) in [4.78, 5) is 13.5. The van der Waals surface area contributed by atoms with Gasteiger partial charge in [0, 0.05) is 18.4 Å². The molecule has 0 amide bonds. The Morgan fingerprint density at radius 2 is 2.33 bits per heavy atom. The second-order valence-electron chi connectivity index (χ2n) is 3.80. The number of piperidine rings is 1. The highest BCUT2D eigenvalue weighted by molar-refractivity contribution is 5.87. The molecule has 2 aliphatic rings. The summed E-state index contributed by atoms with van der Waals surface area (Å²) in [7, 11) is 1.99. The zero-order valence-electron chi connectivity index (χ0n) is 7.16. The van der Waals surface area contributed by atoms with Crippen molar-refractivity contribution in [1.29, 1.82) is 5.26 Å². The summed E-state index contributed by atoms with van der Waals surface area (Å²) < 4.78 is 0. The van der Waals surface area contributed by atoms with Crippen molar-refractivity contribution in [2.75, 3.05) is 7.05 Å². The van der Waals surface area contributed by atoms with Gasteiger partial charge in [-0.05, 0) is 19.9 Å². The predicted octanol–water partition coefficient (Wildman–Crippen LogP) is 0.562. The lowest BCUT2D eigenvalue weighted by atomic mass is 9.92. The van der Waals surface area contributed by atoms with E-state index < -0.39 is 0 Å². The minimum Gasteiger partial charge on any atom is -0.298 e. The summed E-state index contributed by atoms with van der Waals surface area (Å²) in [6, 6.07) is 2.66. The van der Waals surface area contributed by atoms with Crippen molar-refractivity contribution in [3.8, 4) is 6.07 Å². The fourth-order valence-electron chi connectivity index (χ4n) is 2.34. The predicted molar refractivity (Wildman–Crippen MR) is 43.3 cm³/mol. The molecular weight excluding hydrogens is 152 g/mol. The van der Waals surface area contributed by atoms with E-state index in [9.17, 15) is 4.79 Å². The molecule has 3 nitrogen and oxygen atoms in total. The lowest BCUT2D eigenvalue weighted by molar-refractivity contribution is -0.120. The van der Waals surface area contributed by atoms with Crippen LogP contribution in [-0.2, 0) is 4.79 Å². The molecule has 0 radical (unpaired) electrons. The summed E-state index contributed by atoms with van der Waals surface area (Å²) in [6.45, 7) is 0. The maximum atomic E-state index is 11.4. The highest BCUT2D eigenvalue weighted by Crippen LogP contribution is 2.34. The smallest absolute Gasteiger partial charge is 0.151 e. The maximum Gasteiger partial charge on any atom is 0.151 e. The van der Waals surface area contributed by atoms with E-state index >= 15 is 0 Å². The SMILES string of the molecule is CN1C2CC(=O)C1CC(C#N)C2. The Balaban J connectivity index is 2.19. The van der Waals surface area contributed by atoms with Crippen molar-refractivity contribution in [1.82, 2.24) is 4.90 Å².